The summed E-state index contributed by atoms with van der Waals surface area (Å²) in [5.41, 5.74) is 7.73. The Morgan fingerprint density at radius 2 is 1.95 bits per heavy atom. The third-order valence-corrected chi connectivity index (χ3v) is 2.80. The lowest BCUT2D eigenvalue weighted by Crippen LogP contribution is -2.18. The normalized spacial score (nSPS) is 10.2. The molecule has 0 aliphatic heterocycles. The van der Waals surface area contributed by atoms with E-state index in [4.69, 9.17) is 11.1 Å². The Labute approximate surface area is 111 Å². The number of halogens is 1. The topological polar surface area (TPSA) is 66.0 Å². The number of nitrogens with two attached hydrogens (primary N) is 1. The minimum atomic E-state index is -0.237. The van der Waals surface area contributed by atoms with Crippen molar-refractivity contribution < 1.29 is 4.39 Å². The summed E-state index contributed by atoms with van der Waals surface area (Å²) in [5, 5.41) is 7.28. The predicted octanol–water partition coefficient (Wildman–Crippen LogP) is 2.14. The molecule has 0 bridgehead atoms. The summed E-state index contributed by atoms with van der Waals surface area (Å²) in [4.78, 5) is 6.09. The lowest BCUT2D eigenvalue weighted by molar-refractivity contribution is 0.627. The van der Waals surface area contributed by atoms with E-state index in [2.05, 4.69) is 4.98 Å². The Balaban J connectivity index is 2.09. The van der Waals surface area contributed by atoms with E-state index in [0.29, 0.717) is 12.2 Å². The molecule has 0 fully saturated rings. The molecule has 2 aromatic rings. The molecule has 0 aliphatic carbocycles. The van der Waals surface area contributed by atoms with Gasteiger partial charge >= 0.3 is 0 Å². The molecule has 0 saturated carbocycles. The molecule has 0 saturated heterocycles. The summed E-state index contributed by atoms with van der Waals surface area (Å²) in [6, 6.07) is 9.96. The number of pyridine rings is 1. The fourth-order valence-corrected chi connectivity index (χ4v) is 1.73. The molecular weight excluding hydrogens is 243 g/mol. The molecule has 1 heterocycles. The summed E-state index contributed by atoms with van der Waals surface area (Å²) >= 11 is 0. The quantitative estimate of drug-likeness (QED) is 0.652. The summed E-state index contributed by atoms with van der Waals surface area (Å²) in [7, 11) is 1.92. The highest BCUT2D eigenvalue weighted by molar-refractivity contribution is 5.93. The van der Waals surface area contributed by atoms with E-state index in [1.54, 1.807) is 24.4 Å². The maximum absolute atomic E-state index is 12.8. The van der Waals surface area contributed by atoms with Gasteiger partial charge in [0.1, 0.15) is 17.3 Å². The van der Waals surface area contributed by atoms with Gasteiger partial charge < -0.3 is 10.6 Å². The van der Waals surface area contributed by atoms with E-state index < -0.39 is 0 Å². The van der Waals surface area contributed by atoms with Crippen LogP contribution in [0.2, 0.25) is 0 Å². The molecule has 19 heavy (non-hydrogen) atoms. The van der Waals surface area contributed by atoms with Crippen molar-refractivity contribution in [3.05, 3.63) is 59.7 Å². The van der Waals surface area contributed by atoms with Crippen molar-refractivity contribution >= 4 is 11.5 Å². The monoisotopic (exact) mass is 258 g/mol. The summed E-state index contributed by atoms with van der Waals surface area (Å²) in [6.07, 6.45) is 1.67. The minimum Gasteiger partial charge on any atom is -0.382 e. The van der Waals surface area contributed by atoms with E-state index in [1.807, 2.05) is 18.0 Å². The number of aromatic nitrogens is 1. The second-order valence-electron chi connectivity index (χ2n) is 4.30. The second kappa shape index (κ2) is 5.48. The van der Waals surface area contributed by atoms with Crippen LogP contribution in [0, 0.1) is 11.2 Å². The molecule has 0 spiro atoms. The molecule has 0 unspecified atom stereocenters. The van der Waals surface area contributed by atoms with Crippen molar-refractivity contribution in [1.29, 1.82) is 5.41 Å². The fraction of sp³-hybridized carbons (Fsp3) is 0.143. The lowest BCUT2D eigenvalue weighted by atomic mass is 10.2. The smallest absolute Gasteiger partial charge is 0.141 e. The van der Waals surface area contributed by atoms with Crippen LogP contribution in [0.1, 0.15) is 11.3 Å². The number of nitrogens with zero attached hydrogens (tertiary/aromatic N) is 2. The van der Waals surface area contributed by atoms with Crippen molar-refractivity contribution in [1.82, 2.24) is 4.98 Å². The highest BCUT2D eigenvalue weighted by Gasteiger charge is 2.04. The van der Waals surface area contributed by atoms with Crippen LogP contribution in [0.5, 0.6) is 0 Å². The first-order valence-electron chi connectivity index (χ1n) is 5.82. The predicted molar refractivity (Wildman–Crippen MR) is 73.8 cm³/mol. The molecular formula is C14H15FN4. The SMILES string of the molecule is CN(Cc1ccc(F)cc1)c1ccc(C(=N)N)nc1. The number of amidine groups is 1. The first kappa shape index (κ1) is 13.0. The number of benzene rings is 1. The number of hydrogen-bond acceptors (Lipinski definition) is 3. The van der Waals surface area contributed by atoms with Gasteiger partial charge in [0.05, 0.1) is 11.9 Å². The van der Waals surface area contributed by atoms with Crippen LogP contribution in [0.4, 0.5) is 10.1 Å². The van der Waals surface area contributed by atoms with Gasteiger partial charge in [0, 0.05) is 13.6 Å². The van der Waals surface area contributed by atoms with Crippen molar-refractivity contribution in [2.24, 2.45) is 5.73 Å². The van der Waals surface area contributed by atoms with Gasteiger partial charge in [0.2, 0.25) is 0 Å². The highest BCUT2D eigenvalue weighted by Crippen LogP contribution is 2.14. The molecule has 2 rings (SSSR count). The van der Waals surface area contributed by atoms with Crippen molar-refractivity contribution in [3.63, 3.8) is 0 Å². The zero-order chi connectivity index (χ0) is 13.8. The van der Waals surface area contributed by atoms with Crippen LogP contribution in [-0.2, 0) is 6.54 Å². The average molecular weight is 258 g/mol. The molecule has 1 aromatic heterocycles. The summed E-state index contributed by atoms with van der Waals surface area (Å²) in [6.45, 7) is 0.654. The Kier molecular flexibility index (Phi) is 3.75. The average Bonchev–Trinajstić information content (AvgIpc) is 2.41. The fourth-order valence-electron chi connectivity index (χ4n) is 1.73. The maximum atomic E-state index is 12.8. The zero-order valence-electron chi connectivity index (χ0n) is 10.6. The first-order valence-corrected chi connectivity index (χ1v) is 5.82. The van der Waals surface area contributed by atoms with Crippen molar-refractivity contribution in [2.45, 2.75) is 6.54 Å². The van der Waals surface area contributed by atoms with Gasteiger partial charge in [-0.25, -0.2) is 4.39 Å². The zero-order valence-corrected chi connectivity index (χ0v) is 10.6. The maximum Gasteiger partial charge on any atom is 0.141 e. The van der Waals surface area contributed by atoms with Crippen molar-refractivity contribution in [2.75, 3.05) is 11.9 Å². The Morgan fingerprint density at radius 3 is 2.47 bits per heavy atom. The van der Waals surface area contributed by atoms with Gasteiger partial charge in [-0.2, -0.15) is 0 Å². The molecule has 3 N–H and O–H groups in total. The van der Waals surface area contributed by atoms with Gasteiger partial charge in [-0.05, 0) is 29.8 Å². The summed E-state index contributed by atoms with van der Waals surface area (Å²) in [5.74, 6) is -0.286. The van der Waals surface area contributed by atoms with E-state index in [-0.39, 0.29) is 11.7 Å². The number of rotatable bonds is 4. The van der Waals surface area contributed by atoms with Crippen molar-refractivity contribution in [3.8, 4) is 0 Å². The second-order valence-corrected chi connectivity index (χ2v) is 4.30. The first-order chi connectivity index (χ1) is 9.06. The molecule has 4 nitrogen and oxygen atoms in total. The largest absolute Gasteiger partial charge is 0.382 e. The molecule has 0 amide bonds. The van der Waals surface area contributed by atoms with Crippen LogP contribution in [0.25, 0.3) is 0 Å². The minimum absolute atomic E-state index is 0.0484. The number of nitrogens with one attached hydrogen (secondary N) is 1. The third-order valence-electron chi connectivity index (χ3n) is 2.80. The third kappa shape index (κ3) is 3.28. The highest BCUT2D eigenvalue weighted by atomic mass is 19.1. The van der Waals surface area contributed by atoms with E-state index in [1.165, 1.54) is 12.1 Å². The van der Waals surface area contributed by atoms with Crippen LogP contribution in [0.15, 0.2) is 42.6 Å². The molecule has 0 radical (unpaired) electrons. The molecule has 0 atom stereocenters. The Bertz CT molecular complexity index is 563. The van der Waals surface area contributed by atoms with E-state index >= 15 is 0 Å². The Hall–Kier alpha value is -2.43. The van der Waals surface area contributed by atoms with Crippen LogP contribution in [0.3, 0.4) is 0 Å². The van der Waals surface area contributed by atoms with Crippen LogP contribution >= 0.6 is 0 Å². The van der Waals surface area contributed by atoms with Gasteiger partial charge in [-0.3, -0.25) is 10.4 Å². The van der Waals surface area contributed by atoms with E-state index in [9.17, 15) is 4.39 Å². The van der Waals surface area contributed by atoms with Gasteiger partial charge in [-0.15, -0.1) is 0 Å². The molecule has 5 heteroatoms. The van der Waals surface area contributed by atoms with Crippen LogP contribution in [-0.4, -0.2) is 17.9 Å². The number of anilines is 1. The molecule has 0 aliphatic rings. The van der Waals surface area contributed by atoms with Gasteiger partial charge in [0.25, 0.3) is 0 Å². The Morgan fingerprint density at radius 1 is 1.26 bits per heavy atom. The number of nitrogen functional groups attached to an aromatic ring is 1. The number of hydrogen-bond donors (Lipinski definition) is 2. The molecule has 1 aromatic carbocycles. The summed E-state index contributed by atoms with van der Waals surface area (Å²) < 4.78 is 12.8. The standard InChI is InChI=1S/C14H15FN4/c1-19(9-10-2-4-11(15)5-3-10)12-6-7-13(14(16)17)18-8-12/h2-8H,9H2,1H3,(H3,16,17). The lowest BCUT2D eigenvalue weighted by Gasteiger charge is -2.19. The van der Waals surface area contributed by atoms with Crippen LogP contribution < -0.4 is 10.6 Å². The van der Waals surface area contributed by atoms with Gasteiger partial charge in [0.15, 0.2) is 0 Å². The van der Waals surface area contributed by atoms with Gasteiger partial charge in [-0.1, -0.05) is 12.1 Å². The van der Waals surface area contributed by atoms with E-state index in [0.717, 1.165) is 11.3 Å². The molecule has 98 valence electrons.